The first-order valence-electron chi connectivity index (χ1n) is 5.47. The lowest BCUT2D eigenvalue weighted by Gasteiger charge is -2.30. The molecule has 84 valence electrons. The second kappa shape index (κ2) is 4.18. The minimum Gasteiger partial charge on any atom is -0.312 e. The number of hydrogen-bond acceptors (Lipinski definition) is 3. The first-order chi connectivity index (χ1) is 7.59. The summed E-state index contributed by atoms with van der Waals surface area (Å²) in [6, 6.07) is 5.69. The molecular weight excluding hydrogens is 200 g/mol. The van der Waals surface area contributed by atoms with Gasteiger partial charge in [-0.15, -0.1) is 0 Å². The van der Waals surface area contributed by atoms with Crippen LogP contribution >= 0.6 is 0 Å². The van der Waals surface area contributed by atoms with Crippen LogP contribution in [0.5, 0.6) is 0 Å². The predicted molar refractivity (Wildman–Crippen MR) is 63.9 cm³/mol. The normalized spacial score (nSPS) is 22.4. The topological polar surface area (TPSA) is 42.0 Å². The maximum atomic E-state index is 12.1. The van der Waals surface area contributed by atoms with Gasteiger partial charge in [-0.2, -0.15) is 0 Å². The SMILES string of the molecule is CC1(C)CNCC(=Cc2ccccn2)C1=O. The van der Waals surface area contributed by atoms with Crippen molar-refractivity contribution < 1.29 is 4.79 Å². The number of Topliss-reactive ketones (excluding diaryl/α,β-unsaturated/α-hetero) is 1. The van der Waals surface area contributed by atoms with Gasteiger partial charge in [0.25, 0.3) is 0 Å². The molecule has 1 aromatic heterocycles. The average molecular weight is 216 g/mol. The number of pyridine rings is 1. The summed E-state index contributed by atoms with van der Waals surface area (Å²) in [7, 11) is 0. The van der Waals surface area contributed by atoms with Crippen LogP contribution < -0.4 is 5.32 Å². The molecule has 2 rings (SSSR count). The number of aromatic nitrogens is 1. The molecular formula is C13H16N2O. The van der Waals surface area contributed by atoms with Crippen molar-refractivity contribution in [2.75, 3.05) is 13.1 Å². The zero-order chi connectivity index (χ0) is 11.6. The molecule has 0 radical (unpaired) electrons. The van der Waals surface area contributed by atoms with Gasteiger partial charge in [-0.1, -0.05) is 19.9 Å². The maximum absolute atomic E-state index is 12.1. The van der Waals surface area contributed by atoms with Crippen LogP contribution in [0.2, 0.25) is 0 Å². The summed E-state index contributed by atoms with van der Waals surface area (Å²) in [6.07, 6.45) is 3.61. The maximum Gasteiger partial charge on any atom is 0.167 e. The fraction of sp³-hybridized carbons (Fsp3) is 0.385. The summed E-state index contributed by atoms with van der Waals surface area (Å²) in [6.45, 7) is 5.31. The smallest absolute Gasteiger partial charge is 0.167 e. The van der Waals surface area contributed by atoms with Crippen molar-refractivity contribution in [3.63, 3.8) is 0 Å². The fourth-order valence-corrected chi connectivity index (χ4v) is 1.86. The lowest BCUT2D eigenvalue weighted by atomic mass is 9.81. The second-order valence-corrected chi connectivity index (χ2v) is 4.74. The van der Waals surface area contributed by atoms with Gasteiger partial charge < -0.3 is 5.32 Å². The van der Waals surface area contributed by atoms with Gasteiger partial charge in [0.15, 0.2) is 5.78 Å². The van der Waals surface area contributed by atoms with E-state index in [1.807, 2.05) is 38.1 Å². The van der Waals surface area contributed by atoms with E-state index < -0.39 is 0 Å². The number of rotatable bonds is 1. The highest BCUT2D eigenvalue weighted by Gasteiger charge is 2.33. The van der Waals surface area contributed by atoms with Gasteiger partial charge in [-0.05, 0) is 18.2 Å². The highest BCUT2D eigenvalue weighted by atomic mass is 16.1. The fourth-order valence-electron chi connectivity index (χ4n) is 1.86. The first-order valence-corrected chi connectivity index (χ1v) is 5.47. The Kier molecular flexibility index (Phi) is 2.88. The van der Waals surface area contributed by atoms with E-state index in [-0.39, 0.29) is 11.2 Å². The van der Waals surface area contributed by atoms with Crippen LogP contribution in [0.15, 0.2) is 30.0 Å². The minimum atomic E-state index is -0.307. The molecule has 0 atom stereocenters. The van der Waals surface area contributed by atoms with Crippen molar-refractivity contribution >= 4 is 11.9 Å². The van der Waals surface area contributed by atoms with Gasteiger partial charge in [-0.3, -0.25) is 9.78 Å². The standard InChI is InChI=1S/C13H16N2O/c1-13(2)9-14-8-10(12(13)16)7-11-5-3-4-6-15-11/h3-7,14H,8-9H2,1-2H3. The van der Waals surface area contributed by atoms with Crippen LogP contribution in [0.1, 0.15) is 19.5 Å². The molecule has 0 aliphatic carbocycles. The van der Waals surface area contributed by atoms with Gasteiger partial charge in [0, 0.05) is 30.3 Å². The highest BCUT2D eigenvalue weighted by molar-refractivity contribution is 6.04. The number of carbonyl (C=O) groups is 1. The van der Waals surface area contributed by atoms with E-state index in [4.69, 9.17) is 0 Å². The van der Waals surface area contributed by atoms with E-state index in [0.717, 1.165) is 17.8 Å². The van der Waals surface area contributed by atoms with E-state index in [1.165, 1.54) is 0 Å². The Balaban J connectivity index is 2.28. The number of nitrogens with one attached hydrogen (secondary N) is 1. The molecule has 1 fully saturated rings. The van der Waals surface area contributed by atoms with E-state index in [0.29, 0.717) is 6.54 Å². The van der Waals surface area contributed by atoms with Gasteiger partial charge in [0.05, 0.1) is 5.69 Å². The minimum absolute atomic E-state index is 0.219. The monoisotopic (exact) mass is 216 g/mol. The molecule has 0 bridgehead atoms. The molecule has 0 unspecified atom stereocenters. The van der Waals surface area contributed by atoms with Crippen molar-refractivity contribution in [3.05, 3.63) is 35.7 Å². The summed E-state index contributed by atoms with van der Waals surface area (Å²) >= 11 is 0. The van der Waals surface area contributed by atoms with Crippen LogP contribution in [-0.2, 0) is 4.79 Å². The van der Waals surface area contributed by atoms with E-state index >= 15 is 0 Å². The molecule has 0 aromatic carbocycles. The Morgan fingerprint density at radius 3 is 2.94 bits per heavy atom. The first kappa shape index (κ1) is 11.0. The van der Waals surface area contributed by atoms with Crippen molar-refractivity contribution in [1.29, 1.82) is 0 Å². The van der Waals surface area contributed by atoms with Gasteiger partial charge in [0.1, 0.15) is 0 Å². The molecule has 1 aromatic rings. The number of hydrogen-bond donors (Lipinski definition) is 1. The van der Waals surface area contributed by atoms with E-state index in [9.17, 15) is 4.79 Å². The summed E-state index contributed by atoms with van der Waals surface area (Å²) in [5, 5.41) is 3.26. The second-order valence-electron chi connectivity index (χ2n) is 4.74. The summed E-state index contributed by atoms with van der Waals surface area (Å²) in [4.78, 5) is 16.3. The lowest BCUT2D eigenvalue weighted by Crippen LogP contribution is -2.44. The summed E-state index contributed by atoms with van der Waals surface area (Å²) in [5.41, 5.74) is 1.35. The molecule has 0 spiro atoms. The van der Waals surface area contributed by atoms with Gasteiger partial charge in [-0.25, -0.2) is 0 Å². The van der Waals surface area contributed by atoms with Crippen molar-refractivity contribution in [1.82, 2.24) is 10.3 Å². The molecule has 0 amide bonds. The predicted octanol–water partition coefficient (Wildman–Crippen LogP) is 1.66. The summed E-state index contributed by atoms with van der Waals surface area (Å²) < 4.78 is 0. The lowest BCUT2D eigenvalue weighted by molar-refractivity contribution is -0.124. The Morgan fingerprint density at radius 2 is 2.25 bits per heavy atom. The largest absolute Gasteiger partial charge is 0.312 e. The quantitative estimate of drug-likeness (QED) is 0.726. The van der Waals surface area contributed by atoms with Gasteiger partial charge in [0.2, 0.25) is 0 Å². The Labute approximate surface area is 95.6 Å². The molecule has 3 heteroatoms. The summed E-state index contributed by atoms with van der Waals surface area (Å²) in [5.74, 6) is 0.219. The van der Waals surface area contributed by atoms with Crippen LogP contribution in [0, 0.1) is 5.41 Å². The van der Waals surface area contributed by atoms with Crippen LogP contribution in [0.3, 0.4) is 0 Å². The molecule has 2 heterocycles. The van der Waals surface area contributed by atoms with Crippen LogP contribution in [0.4, 0.5) is 0 Å². The third-order valence-electron chi connectivity index (χ3n) is 2.80. The number of ketones is 1. The number of nitrogens with zero attached hydrogens (tertiary/aromatic N) is 1. The highest BCUT2D eigenvalue weighted by Crippen LogP contribution is 2.24. The van der Waals surface area contributed by atoms with Gasteiger partial charge >= 0.3 is 0 Å². The average Bonchev–Trinajstić information content (AvgIpc) is 2.26. The zero-order valence-corrected chi connectivity index (χ0v) is 9.66. The molecule has 1 saturated heterocycles. The Hall–Kier alpha value is -1.48. The third-order valence-corrected chi connectivity index (χ3v) is 2.80. The molecule has 1 N–H and O–H groups in total. The van der Waals surface area contributed by atoms with Crippen molar-refractivity contribution in [2.45, 2.75) is 13.8 Å². The molecule has 1 aliphatic heterocycles. The van der Waals surface area contributed by atoms with E-state index in [1.54, 1.807) is 6.20 Å². The Bertz CT molecular complexity index is 421. The molecule has 1 aliphatic rings. The number of carbonyl (C=O) groups excluding carboxylic acids is 1. The molecule has 3 nitrogen and oxygen atoms in total. The van der Waals surface area contributed by atoms with E-state index in [2.05, 4.69) is 10.3 Å². The van der Waals surface area contributed by atoms with Crippen LogP contribution in [0.25, 0.3) is 6.08 Å². The Morgan fingerprint density at radius 1 is 1.44 bits per heavy atom. The van der Waals surface area contributed by atoms with Crippen molar-refractivity contribution in [2.24, 2.45) is 5.41 Å². The zero-order valence-electron chi connectivity index (χ0n) is 9.66. The van der Waals surface area contributed by atoms with Crippen molar-refractivity contribution in [3.8, 4) is 0 Å². The van der Waals surface area contributed by atoms with Crippen LogP contribution in [-0.4, -0.2) is 23.9 Å². The molecule has 0 saturated carbocycles. The number of piperidine rings is 1. The third kappa shape index (κ3) is 2.19. The molecule has 16 heavy (non-hydrogen) atoms.